The van der Waals surface area contributed by atoms with Crippen molar-refractivity contribution in [3.63, 3.8) is 0 Å². The summed E-state index contributed by atoms with van der Waals surface area (Å²) in [5.74, 6) is 1.50. The minimum absolute atomic E-state index is 0.160. The Labute approximate surface area is 116 Å². The summed E-state index contributed by atoms with van der Waals surface area (Å²) in [4.78, 5) is 9.62. The number of hydrogen-bond donors (Lipinski definition) is 2. The van der Waals surface area contributed by atoms with Crippen molar-refractivity contribution in [2.24, 2.45) is 5.92 Å². The lowest BCUT2D eigenvalue weighted by molar-refractivity contribution is 0.149. The molecule has 2 aromatic rings. The molecule has 19 heavy (non-hydrogen) atoms. The Hall–Kier alpha value is -1.20. The van der Waals surface area contributed by atoms with Crippen LogP contribution in [0.25, 0.3) is 10.2 Å². The Morgan fingerprint density at radius 1 is 1.53 bits per heavy atom. The van der Waals surface area contributed by atoms with E-state index in [1.807, 2.05) is 11.4 Å². The first-order chi connectivity index (χ1) is 9.22. The van der Waals surface area contributed by atoms with Gasteiger partial charge in [0.2, 0.25) is 0 Å². The minimum Gasteiger partial charge on any atom is -0.394 e. The lowest BCUT2D eigenvalue weighted by atomic mass is 9.77. The molecule has 3 rings (SSSR count). The van der Waals surface area contributed by atoms with Crippen LogP contribution in [0, 0.1) is 5.92 Å². The van der Waals surface area contributed by atoms with Crippen LogP contribution in [0.3, 0.4) is 0 Å². The zero-order chi connectivity index (χ0) is 13.3. The average molecular weight is 277 g/mol. The van der Waals surface area contributed by atoms with Crippen LogP contribution in [0.2, 0.25) is 0 Å². The predicted octanol–water partition coefficient (Wildman–Crippen LogP) is 3.04. The number of hydrogen-bond acceptors (Lipinski definition) is 5. The van der Waals surface area contributed by atoms with Gasteiger partial charge in [0.05, 0.1) is 17.5 Å². The molecular weight excluding hydrogens is 258 g/mol. The van der Waals surface area contributed by atoms with E-state index < -0.39 is 0 Å². The molecule has 102 valence electrons. The van der Waals surface area contributed by atoms with Gasteiger partial charge < -0.3 is 10.4 Å². The van der Waals surface area contributed by atoms with Crippen molar-refractivity contribution in [2.45, 2.75) is 38.1 Å². The second kappa shape index (κ2) is 5.06. The molecule has 0 saturated heterocycles. The maximum atomic E-state index is 9.84. The highest BCUT2D eigenvalue weighted by Gasteiger charge is 2.35. The molecule has 4 nitrogen and oxygen atoms in total. The van der Waals surface area contributed by atoms with Crippen LogP contribution in [0.4, 0.5) is 5.82 Å². The Balaban J connectivity index is 1.92. The molecule has 1 fully saturated rings. The molecule has 1 aliphatic carbocycles. The highest BCUT2D eigenvalue weighted by molar-refractivity contribution is 7.16. The van der Waals surface area contributed by atoms with Crippen LogP contribution >= 0.6 is 11.3 Å². The van der Waals surface area contributed by atoms with Crippen LogP contribution < -0.4 is 5.32 Å². The molecule has 0 bridgehead atoms. The van der Waals surface area contributed by atoms with Crippen molar-refractivity contribution >= 4 is 27.4 Å². The Bertz CT molecular complexity index is 571. The average Bonchev–Trinajstić information content (AvgIpc) is 2.88. The molecule has 0 spiro atoms. The number of aliphatic hydroxyl groups is 1. The van der Waals surface area contributed by atoms with Crippen LogP contribution in [0.1, 0.15) is 32.6 Å². The van der Waals surface area contributed by atoms with Crippen molar-refractivity contribution in [3.05, 3.63) is 17.8 Å². The summed E-state index contributed by atoms with van der Waals surface area (Å²) in [6.07, 6.45) is 6.01. The predicted molar refractivity (Wildman–Crippen MR) is 78.5 cm³/mol. The summed E-state index contributed by atoms with van der Waals surface area (Å²) < 4.78 is 0. The van der Waals surface area contributed by atoms with E-state index in [0.29, 0.717) is 5.92 Å². The van der Waals surface area contributed by atoms with Gasteiger partial charge >= 0.3 is 0 Å². The van der Waals surface area contributed by atoms with Crippen molar-refractivity contribution < 1.29 is 5.11 Å². The van der Waals surface area contributed by atoms with E-state index in [-0.39, 0.29) is 12.1 Å². The first-order valence-corrected chi connectivity index (χ1v) is 7.68. The minimum atomic E-state index is -0.221. The Kier molecular flexibility index (Phi) is 3.41. The summed E-state index contributed by atoms with van der Waals surface area (Å²) in [6.45, 7) is 2.42. The SMILES string of the molecule is CC1CCCC(CO)(Nc2ncnc3sccc23)C1. The molecule has 1 saturated carbocycles. The Morgan fingerprint density at radius 2 is 2.42 bits per heavy atom. The van der Waals surface area contributed by atoms with E-state index in [4.69, 9.17) is 0 Å². The highest BCUT2D eigenvalue weighted by Crippen LogP contribution is 2.36. The fourth-order valence-electron chi connectivity index (χ4n) is 3.10. The van der Waals surface area contributed by atoms with Crippen LogP contribution in [-0.2, 0) is 0 Å². The van der Waals surface area contributed by atoms with Gasteiger partial charge in [-0.15, -0.1) is 11.3 Å². The van der Waals surface area contributed by atoms with E-state index in [0.717, 1.165) is 35.3 Å². The number of aliphatic hydroxyl groups excluding tert-OH is 1. The first-order valence-electron chi connectivity index (χ1n) is 6.80. The normalized spacial score (nSPS) is 27.6. The third-order valence-corrected chi connectivity index (χ3v) is 4.86. The molecule has 2 heterocycles. The molecule has 2 N–H and O–H groups in total. The second-order valence-corrected chi connectivity index (χ2v) is 6.52. The number of nitrogens with one attached hydrogen (secondary N) is 1. The fourth-order valence-corrected chi connectivity index (χ4v) is 3.83. The number of rotatable bonds is 3. The standard InChI is InChI=1S/C14H19N3OS/c1-10-3-2-5-14(7-10,8-18)17-12-11-4-6-19-13(11)16-9-15-12/h4,6,9-10,18H,2-3,5,7-8H2,1H3,(H,15,16,17). The van der Waals surface area contributed by atoms with Crippen molar-refractivity contribution in [1.82, 2.24) is 9.97 Å². The largest absolute Gasteiger partial charge is 0.394 e. The van der Waals surface area contributed by atoms with Gasteiger partial charge in [-0.25, -0.2) is 9.97 Å². The molecular formula is C14H19N3OS. The van der Waals surface area contributed by atoms with Gasteiger partial charge in [0, 0.05) is 0 Å². The summed E-state index contributed by atoms with van der Waals surface area (Å²) in [5.41, 5.74) is -0.221. The third kappa shape index (κ3) is 2.44. The lowest BCUT2D eigenvalue weighted by Gasteiger charge is -2.39. The molecule has 2 unspecified atom stereocenters. The summed E-state index contributed by atoms with van der Waals surface area (Å²) in [7, 11) is 0. The molecule has 0 radical (unpaired) electrons. The zero-order valence-electron chi connectivity index (χ0n) is 11.1. The van der Waals surface area contributed by atoms with E-state index in [9.17, 15) is 5.11 Å². The topological polar surface area (TPSA) is 58.0 Å². The molecule has 5 heteroatoms. The monoisotopic (exact) mass is 277 g/mol. The van der Waals surface area contributed by atoms with Crippen LogP contribution in [-0.4, -0.2) is 27.2 Å². The maximum Gasteiger partial charge on any atom is 0.138 e. The van der Waals surface area contributed by atoms with E-state index in [2.05, 4.69) is 22.2 Å². The van der Waals surface area contributed by atoms with Crippen LogP contribution in [0.15, 0.2) is 17.8 Å². The van der Waals surface area contributed by atoms with Crippen molar-refractivity contribution in [3.8, 4) is 0 Å². The Morgan fingerprint density at radius 3 is 3.21 bits per heavy atom. The third-order valence-electron chi connectivity index (χ3n) is 4.04. The van der Waals surface area contributed by atoms with Gasteiger partial charge in [-0.3, -0.25) is 0 Å². The molecule has 2 aromatic heterocycles. The second-order valence-electron chi connectivity index (χ2n) is 5.63. The van der Waals surface area contributed by atoms with E-state index >= 15 is 0 Å². The zero-order valence-corrected chi connectivity index (χ0v) is 11.9. The van der Waals surface area contributed by atoms with Crippen LogP contribution in [0.5, 0.6) is 0 Å². The number of aromatic nitrogens is 2. The maximum absolute atomic E-state index is 9.84. The molecule has 0 aliphatic heterocycles. The van der Waals surface area contributed by atoms with Crippen molar-refractivity contribution in [1.29, 1.82) is 0 Å². The molecule has 0 amide bonds. The van der Waals surface area contributed by atoms with Gasteiger partial charge in [-0.1, -0.05) is 19.8 Å². The smallest absolute Gasteiger partial charge is 0.138 e. The first kappa shape index (κ1) is 12.8. The molecule has 0 aromatic carbocycles. The number of fused-ring (bicyclic) bond motifs is 1. The summed E-state index contributed by atoms with van der Waals surface area (Å²) in [5, 5.41) is 16.4. The summed E-state index contributed by atoms with van der Waals surface area (Å²) in [6, 6.07) is 2.04. The number of nitrogens with zero attached hydrogens (tertiary/aromatic N) is 2. The quantitative estimate of drug-likeness (QED) is 0.905. The highest BCUT2D eigenvalue weighted by atomic mass is 32.1. The van der Waals surface area contributed by atoms with Gasteiger partial charge in [0.15, 0.2) is 0 Å². The summed E-state index contributed by atoms with van der Waals surface area (Å²) >= 11 is 1.62. The number of anilines is 1. The number of thiophene rings is 1. The molecule has 2 atom stereocenters. The van der Waals surface area contributed by atoms with Crippen molar-refractivity contribution in [2.75, 3.05) is 11.9 Å². The van der Waals surface area contributed by atoms with Gasteiger partial charge in [-0.2, -0.15) is 0 Å². The van der Waals surface area contributed by atoms with E-state index in [1.54, 1.807) is 17.7 Å². The van der Waals surface area contributed by atoms with Gasteiger partial charge in [0.1, 0.15) is 17.0 Å². The molecule has 1 aliphatic rings. The van der Waals surface area contributed by atoms with E-state index in [1.165, 1.54) is 6.42 Å². The fraction of sp³-hybridized carbons (Fsp3) is 0.571. The van der Waals surface area contributed by atoms with Gasteiger partial charge in [-0.05, 0) is 30.2 Å². The van der Waals surface area contributed by atoms with Gasteiger partial charge in [0.25, 0.3) is 0 Å². The lowest BCUT2D eigenvalue weighted by Crippen LogP contribution is -2.46.